The first-order chi connectivity index (χ1) is 6.13. The Balaban J connectivity index is 2.30. The molecule has 0 aromatic rings. The summed E-state index contributed by atoms with van der Waals surface area (Å²) in [6, 6.07) is -0.636. The number of nitrogens with two attached hydrogens (primary N) is 1. The first-order valence-electron chi connectivity index (χ1n) is 3.85. The fourth-order valence-corrected chi connectivity index (χ4v) is 1.50. The Morgan fingerprint density at radius 3 is 3.15 bits per heavy atom. The maximum Gasteiger partial charge on any atom is 0.322 e. The molecule has 1 aliphatic heterocycles. The lowest BCUT2D eigenvalue weighted by Crippen LogP contribution is -2.35. The van der Waals surface area contributed by atoms with Crippen LogP contribution in [0.1, 0.15) is 12.8 Å². The quantitative estimate of drug-likeness (QED) is 0.735. The molecule has 0 saturated heterocycles. The molecule has 2 atom stereocenters. The molecule has 74 valence electrons. The first-order valence-corrected chi connectivity index (χ1v) is 4.64. The van der Waals surface area contributed by atoms with Gasteiger partial charge in [-0.05, 0) is 15.9 Å². The third kappa shape index (κ3) is 2.96. The van der Waals surface area contributed by atoms with Crippen LogP contribution >= 0.6 is 15.9 Å². The summed E-state index contributed by atoms with van der Waals surface area (Å²) in [5.74, 6) is -0.424. The maximum absolute atomic E-state index is 10.9. The van der Waals surface area contributed by atoms with Crippen LogP contribution in [0.5, 0.6) is 0 Å². The van der Waals surface area contributed by atoms with Crippen LogP contribution in [-0.4, -0.2) is 29.8 Å². The molecular weight excluding hydrogens is 240 g/mol. The van der Waals surface area contributed by atoms with Gasteiger partial charge in [-0.1, -0.05) is 5.16 Å². The summed E-state index contributed by atoms with van der Waals surface area (Å²) in [6.07, 6.45) is 0.958. The number of hydrogen-bond acceptors (Lipinski definition) is 5. The minimum absolute atomic E-state index is 0.122. The van der Waals surface area contributed by atoms with Crippen LogP contribution in [0.15, 0.2) is 5.16 Å². The van der Waals surface area contributed by atoms with Gasteiger partial charge in [0.2, 0.25) is 0 Å². The van der Waals surface area contributed by atoms with Gasteiger partial charge in [0.25, 0.3) is 0 Å². The largest absolute Gasteiger partial charge is 0.468 e. The number of ether oxygens (including phenoxy) is 1. The van der Waals surface area contributed by atoms with Crippen LogP contribution in [0.4, 0.5) is 0 Å². The summed E-state index contributed by atoms with van der Waals surface area (Å²) < 4.78 is 5.23. The smallest absolute Gasteiger partial charge is 0.322 e. The van der Waals surface area contributed by atoms with E-state index in [9.17, 15) is 4.79 Å². The number of nitrogens with zero attached hydrogens (tertiary/aromatic N) is 1. The third-order valence-corrected chi connectivity index (χ3v) is 2.19. The molecule has 0 radical (unpaired) electrons. The van der Waals surface area contributed by atoms with Gasteiger partial charge >= 0.3 is 5.97 Å². The van der Waals surface area contributed by atoms with Gasteiger partial charge in [0, 0.05) is 12.8 Å². The molecule has 0 saturated carbocycles. The summed E-state index contributed by atoms with van der Waals surface area (Å²) in [7, 11) is 1.31. The molecule has 0 aromatic carbocycles. The van der Waals surface area contributed by atoms with Gasteiger partial charge in [0.1, 0.15) is 16.8 Å². The Kier molecular flexibility index (Phi) is 3.68. The van der Waals surface area contributed by atoms with Gasteiger partial charge in [-0.3, -0.25) is 4.79 Å². The Morgan fingerprint density at radius 1 is 2.00 bits per heavy atom. The van der Waals surface area contributed by atoms with E-state index in [4.69, 9.17) is 10.6 Å². The van der Waals surface area contributed by atoms with E-state index in [-0.39, 0.29) is 6.10 Å². The summed E-state index contributed by atoms with van der Waals surface area (Å²) in [6.45, 7) is 0. The second kappa shape index (κ2) is 4.57. The molecule has 0 amide bonds. The van der Waals surface area contributed by atoms with Gasteiger partial charge in [-0.15, -0.1) is 0 Å². The van der Waals surface area contributed by atoms with Crippen molar-refractivity contribution in [1.29, 1.82) is 0 Å². The highest BCUT2D eigenvalue weighted by atomic mass is 79.9. The van der Waals surface area contributed by atoms with Crippen molar-refractivity contribution >= 4 is 26.5 Å². The Labute approximate surface area is 84.4 Å². The van der Waals surface area contributed by atoms with Gasteiger partial charge in [0.15, 0.2) is 0 Å². The van der Waals surface area contributed by atoms with E-state index in [2.05, 4.69) is 25.8 Å². The number of esters is 1. The third-order valence-electron chi connectivity index (χ3n) is 1.72. The number of carbonyl (C=O) groups excluding carboxylic acids is 1. The lowest BCUT2D eigenvalue weighted by atomic mass is 10.1. The van der Waals surface area contributed by atoms with E-state index < -0.39 is 12.0 Å². The molecule has 13 heavy (non-hydrogen) atoms. The standard InChI is InChI=1S/C7H11BrN2O3/c1-12-7(11)5(9)2-4-3-6(8)10-13-4/h4-5H,2-3,9H2,1H3/t4-,5-/m0/s1. The Hall–Kier alpha value is -0.620. The zero-order valence-corrected chi connectivity index (χ0v) is 8.78. The van der Waals surface area contributed by atoms with Crippen LogP contribution in [-0.2, 0) is 14.4 Å². The van der Waals surface area contributed by atoms with Gasteiger partial charge in [0.05, 0.1) is 7.11 Å². The molecule has 1 heterocycles. The molecule has 0 unspecified atom stereocenters. The Bertz CT molecular complexity index is 232. The van der Waals surface area contributed by atoms with Crippen molar-refractivity contribution in [3.05, 3.63) is 0 Å². The molecule has 6 heteroatoms. The lowest BCUT2D eigenvalue weighted by Gasteiger charge is -2.12. The summed E-state index contributed by atoms with van der Waals surface area (Å²) in [5.41, 5.74) is 5.53. The molecular formula is C7H11BrN2O3. The van der Waals surface area contributed by atoms with Crippen LogP contribution in [0.3, 0.4) is 0 Å². The normalized spacial score (nSPS) is 23.3. The van der Waals surface area contributed by atoms with E-state index in [0.29, 0.717) is 12.8 Å². The molecule has 0 aromatic heterocycles. The van der Waals surface area contributed by atoms with Gasteiger partial charge < -0.3 is 15.3 Å². The maximum atomic E-state index is 10.9. The van der Waals surface area contributed by atoms with Crippen molar-refractivity contribution in [2.45, 2.75) is 25.0 Å². The number of hydrogen-bond donors (Lipinski definition) is 1. The van der Waals surface area contributed by atoms with Crippen LogP contribution in [0.25, 0.3) is 0 Å². The van der Waals surface area contributed by atoms with Crippen LogP contribution < -0.4 is 5.73 Å². The number of halogens is 1. The average Bonchev–Trinajstić information content (AvgIpc) is 2.49. The van der Waals surface area contributed by atoms with Crippen molar-refractivity contribution in [1.82, 2.24) is 0 Å². The second-order valence-corrected chi connectivity index (χ2v) is 3.68. The number of oxime groups is 1. The van der Waals surface area contributed by atoms with Crippen molar-refractivity contribution < 1.29 is 14.4 Å². The SMILES string of the molecule is COC(=O)[C@@H](N)C[C@H]1CC(Br)=NO1. The first kappa shape index (κ1) is 10.5. The zero-order valence-electron chi connectivity index (χ0n) is 7.20. The molecule has 1 aliphatic rings. The van der Waals surface area contributed by atoms with Gasteiger partial charge in [-0.25, -0.2) is 0 Å². The summed E-state index contributed by atoms with van der Waals surface area (Å²) >= 11 is 3.19. The summed E-state index contributed by atoms with van der Waals surface area (Å²) in [4.78, 5) is 15.9. The van der Waals surface area contributed by atoms with Crippen molar-refractivity contribution in [2.75, 3.05) is 7.11 Å². The predicted molar refractivity (Wildman–Crippen MR) is 50.5 cm³/mol. The minimum atomic E-state index is -0.636. The van der Waals surface area contributed by atoms with E-state index in [1.54, 1.807) is 0 Å². The fraction of sp³-hybridized carbons (Fsp3) is 0.714. The summed E-state index contributed by atoms with van der Waals surface area (Å²) in [5, 5.41) is 3.68. The monoisotopic (exact) mass is 250 g/mol. The van der Waals surface area contributed by atoms with E-state index in [0.717, 1.165) is 4.62 Å². The molecule has 2 N–H and O–H groups in total. The van der Waals surface area contributed by atoms with Crippen LogP contribution in [0, 0.1) is 0 Å². The van der Waals surface area contributed by atoms with Crippen molar-refractivity contribution in [3.8, 4) is 0 Å². The van der Waals surface area contributed by atoms with E-state index >= 15 is 0 Å². The van der Waals surface area contributed by atoms with Gasteiger partial charge in [-0.2, -0.15) is 0 Å². The topological polar surface area (TPSA) is 73.9 Å². The number of rotatable bonds is 3. The molecule has 0 bridgehead atoms. The Morgan fingerprint density at radius 2 is 2.69 bits per heavy atom. The molecule has 5 nitrogen and oxygen atoms in total. The molecule has 0 spiro atoms. The van der Waals surface area contributed by atoms with E-state index in [1.807, 2.05) is 0 Å². The highest BCUT2D eigenvalue weighted by molar-refractivity contribution is 9.18. The highest BCUT2D eigenvalue weighted by Crippen LogP contribution is 2.18. The van der Waals surface area contributed by atoms with Crippen LogP contribution in [0.2, 0.25) is 0 Å². The van der Waals surface area contributed by atoms with Crippen molar-refractivity contribution in [2.24, 2.45) is 10.9 Å². The molecule has 0 aliphatic carbocycles. The predicted octanol–water partition coefficient (Wildman–Crippen LogP) is 0.374. The second-order valence-electron chi connectivity index (χ2n) is 2.76. The zero-order chi connectivity index (χ0) is 9.84. The average molecular weight is 251 g/mol. The lowest BCUT2D eigenvalue weighted by molar-refractivity contribution is -0.143. The fourth-order valence-electron chi connectivity index (χ4n) is 1.05. The van der Waals surface area contributed by atoms with E-state index in [1.165, 1.54) is 7.11 Å². The highest BCUT2D eigenvalue weighted by Gasteiger charge is 2.25. The number of carbonyl (C=O) groups is 1. The van der Waals surface area contributed by atoms with Crippen molar-refractivity contribution in [3.63, 3.8) is 0 Å². The molecule has 0 fully saturated rings. The minimum Gasteiger partial charge on any atom is -0.468 e. The number of methoxy groups -OCH3 is 1. The molecule has 1 rings (SSSR count).